The summed E-state index contributed by atoms with van der Waals surface area (Å²) in [5.41, 5.74) is 1.30. The number of hydrogen-bond acceptors (Lipinski definition) is 6. The third kappa shape index (κ3) is 5.73. The lowest BCUT2D eigenvalue weighted by molar-refractivity contribution is -0.160. The van der Waals surface area contributed by atoms with Gasteiger partial charge in [0.1, 0.15) is 6.04 Å². The molecule has 1 unspecified atom stereocenters. The van der Waals surface area contributed by atoms with E-state index in [0.29, 0.717) is 16.8 Å². The zero-order chi connectivity index (χ0) is 31.9. The average Bonchev–Trinajstić information content (AvgIpc) is 3.71. The van der Waals surface area contributed by atoms with Crippen molar-refractivity contribution in [2.45, 2.75) is 37.1 Å². The van der Waals surface area contributed by atoms with E-state index >= 15 is 0 Å². The summed E-state index contributed by atoms with van der Waals surface area (Å²) in [6, 6.07) is 11.0. The molecular formula is C31H27F4N5O5. The van der Waals surface area contributed by atoms with Gasteiger partial charge in [-0.25, -0.2) is 0 Å². The minimum atomic E-state index is -3.22. The van der Waals surface area contributed by atoms with Crippen LogP contribution in [0.1, 0.15) is 39.6 Å². The molecule has 45 heavy (non-hydrogen) atoms. The van der Waals surface area contributed by atoms with Gasteiger partial charge < -0.3 is 30.4 Å². The molecule has 0 radical (unpaired) electrons. The molecular weight excluding hydrogens is 598 g/mol. The van der Waals surface area contributed by atoms with Crippen molar-refractivity contribution in [1.82, 2.24) is 25.5 Å². The summed E-state index contributed by atoms with van der Waals surface area (Å²) in [6.45, 7) is -4.59. The van der Waals surface area contributed by atoms with Crippen LogP contribution in [-0.4, -0.2) is 76.1 Å². The maximum atomic E-state index is 14.9. The van der Waals surface area contributed by atoms with Crippen molar-refractivity contribution in [1.29, 1.82) is 0 Å². The number of aliphatic hydroxyl groups is 1. The van der Waals surface area contributed by atoms with Crippen molar-refractivity contribution in [2.24, 2.45) is 0 Å². The van der Waals surface area contributed by atoms with Crippen LogP contribution in [0.15, 0.2) is 67.0 Å². The second-order valence-electron chi connectivity index (χ2n) is 10.8. The predicted molar refractivity (Wildman–Crippen MR) is 152 cm³/mol. The van der Waals surface area contributed by atoms with Gasteiger partial charge in [0.2, 0.25) is 11.8 Å². The fourth-order valence-electron chi connectivity index (χ4n) is 5.92. The second kappa shape index (κ2) is 11.9. The van der Waals surface area contributed by atoms with Crippen LogP contribution in [0.2, 0.25) is 0 Å². The molecule has 3 heterocycles. The Bertz CT molecular complexity index is 1750. The highest BCUT2D eigenvalue weighted by Crippen LogP contribution is 2.50. The van der Waals surface area contributed by atoms with Gasteiger partial charge in [0.25, 0.3) is 11.8 Å². The first-order chi connectivity index (χ1) is 21.6. The molecule has 0 bridgehead atoms. The largest absolute Gasteiger partial charge is 0.394 e. The number of nitrogens with one attached hydrogen (secondary N) is 3. The van der Waals surface area contributed by atoms with Crippen LogP contribution in [0.3, 0.4) is 0 Å². The molecule has 6 rings (SSSR count). The van der Waals surface area contributed by atoms with E-state index in [1.165, 1.54) is 36.4 Å². The second-order valence-corrected chi connectivity index (χ2v) is 10.8. The Hall–Kier alpha value is -4.82. The van der Waals surface area contributed by atoms with Crippen LogP contribution in [0.4, 0.5) is 17.6 Å². The van der Waals surface area contributed by atoms with Gasteiger partial charge in [-0.2, -0.15) is 17.6 Å². The summed E-state index contributed by atoms with van der Waals surface area (Å²) in [4.78, 5) is 47.7. The molecule has 3 amide bonds. The molecule has 1 aliphatic heterocycles. The van der Waals surface area contributed by atoms with E-state index in [0.717, 1.165) is 10.3 Å². The van der Waals surface area contributed by atoms with Crippen molar-refractivity contribution < 1.29 is 41.8 Å². The highest BCUT2D eigenvalue weighted by Gasteiger charge is 2.44. The minimum Gasteiger partial charge on any atom is -0.394 e. The molecule has 2 aromatic heterocycles. The maximum absolute atomic E-state index is 14.9. The fraction of sp³-hybridized carbons (Fsp3) is 0.290. The molecule has 1 fully saturated rings. The van der Waals surface area contributed by atoms with E-state index in [1.807, 2.05) is 0 Å². The summed E-state index contributed by atoms with van der Waals surface area (Å²) in [7, 11) is 0. The Morgan fingerprint density at radius 2 is 1.87 bits per heavy atom. The number of ether oxygens (including phenoxy) is 1. The van der Waals surface area contributed by atoms with Gasteiger partial charge in [-0.3, -0.25) is 19.4 Å². The Labute approximate surface area is 253 Å². The van der Waals surface area contributed by atoms with E-state index in [1.54, 1.807) is 30.6 Å². The Morgan fingerprint density at radius 3 is 2.62 bits per heavy atom. The quantitative estimate of drug-likeness (QED) is 0.211. The number of nitrogens with zero attached hydrogens (tertiary/aromatic N) is 2. The number of carbonyl (C=O) groups is 3. The molecule has 3 atom stereocenters. The number of hydrogen-bond donors (Lipinski definition) is 4. The monoisotopic (exact) mass is 625 g/mol. The SMILES string of the molecule is O=C(NCC(=O)N1C[C@H](OC(F)F)C[C@@H]1C(=O)NC(CO)c1cc2cnccc2[nH]1)c1ccc2c(c1)-c1ccccc1C2(F)F. The number of halogens is 4. The van der Waals surface area contributed by atoms with Crippen LogP contribution >= 0.6 is 0 Å². The van der Waals surface area contributed by atoms with Gasteiger partial charge in [-0.1, -0.05) is 30.3 Å². The van der Waals surface area contributed by atoms with E-state index in [2.05, 4.69) is 25.3 Å². The first kappa shape index (κ1) is 30.2. The normalized spacial score (nSPS) is 18.9. The van der Waals surface area contributed by atoms with Crippen LogP contribution in [0, 0.1) is 0 Å². The first-order valence-corrected chi connectivity index (χ1v) is 14.0. The number of amides is 3. The molecule has 234 valence electrons. The number of pyridine rings is 1. The number of aliphatic hydroxyl groups excluding tert-OH is 1. The Balaban J connectivity index is 1.15. The zero-order valence-electron chi connectivity index (χ0n) is 23.5. The van der Waals surface area contributed by atoms with Gasteiger partial charge in [0.15, 0.2) is 0 Å². The highest BCUT2D eigenvalue weighted by molar-refractivity contribution is 5.99. The number of benzene rings is 2. The van der Waals surface area contributed by atoms with Gasteiger partial charge in [0, 0.05) is 58.6 Å². The van der Waals surface area contributed by atoms with Crippen molar-refractivity contribution >= 4 is 28.6 Å². The fourth-order valence-corrected chi connectivity index (χ4v) is 5.92. The molecule has 10 nitrogen and oxygen atoms in total. The molecule has 4 aromatic rings. The third-order valence-corrected chi connectivity index (χ3v) is 8.07. The lowest BCUT2D eigenvalue weighted by Gasteiger charge is -2.25. The summed E-state index contributed by atoms with van der Waals surface area (Å²) in [6.07, 6.45) is 1.76. The van der Waals surface area contributed by atoms with E-state index in [4.69, 9.17) is 0 Å². The van der Waals surface area contributed by atoms with Crippen molar-refractivity contribution in [3.8, 4) is 11.1 Å². The van der Waals surface area contributed by atoms with Gasteiger partial charge in [-0.05, 0) is 35.4 Å². The smallest absolute Gasteiger partial charge is 0.345 e. The number of rotatable bonds is 9. The lowest BCUT2D eigenvalue weighted by Crippen LogP contribution is -2.50. The number of carbonyl (C=O) groups excluding carboxylic acids is 3. The Morgan fingerprint density at radius 1 is 1.09 bits per heavy atom. The number of fused-ring (bicyclic) bond motifs is 4. The zero-order valence-corrected chi connectivity index (χ0v) is 23.5. The topological polar surface area (TPSA) is 137 Å². The summed E-state index contributed by atoms with van der Waals surface area (Å²) in [5.74, 6) is -5.42. The van der Waals surface area contributed by atoms with Crippen molar-refractivity contribution in [3.63, 3.8) is 0 Å². The molecule has 1 saturated heterocycles. The van der Waals surface area contributed by atoms with E-state index < -0.39 is 61.6 Å². The predicted octanol–water partition coefficient (Wildman–Crippen LogP) is 3.47. The van der Waals surface area contributed by atoms with Gasteiger partial charge in [0.05, 0.1) is 25.3 Å². The van der Waals surface area contributed by atoms with E-state index in [9.17, 15) is 37.1 Å². The molecule has 4 N–H and O–H groups in total. The number of aromatic amines is 1. The molecule has 1 aliphatic carbocycles. The third-order valence-electron chi connectivity index (χ3n) is 8.07. The number of H-pyrrole nitrogens is 1. The van der Waals surface area contributed by atoms with Crippen molar-refractivity contribution in [2.75, 3.05) is 19.7 Å². The number of likely N-dealkylation sites (tertiary alicyclic amines) is 1. The molecule has 0 saturated carbocycles. The van der Waals surface area contributed by atoms with Gasteiger partial charge in [-0.15, -0.1) is 0 Å². The van der Waals surface area contributed by atoms with E-state index in [-0.39, 0.29) is 35.2 Å². The number of aromatic nitrogens is 2. The molecule has 14 heteroatoms. The highest BCUT2D eigenvalue weighted by atomic mass is 19.3. The van der Waals surface area contributed by atoms with Crippen LogP contribution in [0.25, 0.3) is 22.0 Å². The van der Waals surface area contributed by atoms with Crippen molar-refractivity contribution in [3.05, 3.63) is 89.4 Å². The van der Waals surface area contributed by atoms with Gasteiger partial charge >= 0.3 is 6.61 Å². The molecule has 2 aliphatic rings. The van der Waals surface area contributed by atoms with Crippen LogP contribution in [-0.2, 0) is 20.2 Å². The standard InChI is InChI=1S/C31H27F4N5O5/c32-30(33)45-18-11-26(29(44)39-25(15-41)24-10-17-12-36-8-7-23(17)38-24)40(14-18)27(42)13-37-28(43)16-5-6-22-20(9-16)19-3-1-2-4-21(19)31(22,34)35/h1-10,12,18,25-26,30,38,41H,11,13-15H2,(H,37,43)(H,39,44)/t18-,25?,26-/m1/s1. The number of alkyl halides is 4. The average molecular weight is 626 g/mol. The van der Waals surface area contributed by atoms with Crippen LogP contribution in [0.5, 0.6) is 0 Å². The minimum absolute atomic E-state index is 0.0306. The Kier molecular flexibility index (Phi) is 8.01. The van der Waals surface area contributed by atoms with Crippen LogP contribution < -0.4 is 10.6 Å². The molecule has 2 aromatic carbocycles. The summed E-state index contributed by atoms with van der Waals surface area (Å²) in [5, 5.41) is 15.8. The summed E-state index contributed by atoms with van der Waals surface area (Å²) < 4.78 is 60.4. The lowest BCUT2D eigenvalue weighted by atomic mass is 10.0. The molecule has 0 spiro atoms. The summed E-state index contributed by atoms with van der Waals surface area (Å²) >= 11 is 0. The first-order valence-electron chi connectivity index (χ1n) is 14.0. The maximum Gasteiger partial charge on any atom is 0.345 e.